The number of carbonyl (C=O) groups excluding carboxylic acids is 2. The Bertz CT molecular complexity index is 847. The lowest BCUT2D eigenvalue weighted by molar-refractivity contribution is -0.117. The Kier molecular flexibility index (Phi) is 6.37. The Hall–Kier alpha value is -2.84. The summed E-state index contributed by atoms with van der Waals surface area (Å²) in [6, 6.07) is 12.4. The van der Waals surface area contributed by atoms with Crippen molar-refractivity contribution in [3.63, 3.8) is 0 Å². The van der Waals surface area contributed by atoms with Gasteiger partial charge in [0.2, 0.25) is 11.8 Å². The number of hydrogen-bond donors (Lipinski definition) is 1. The molecule has 2 aromatic rings. The van der Waals surface area contributed by atoms with Crippen molar-refractivity contribution in [3.05, 3.63) is 58.1 Å². The van der Waals surface area contributed by atoms with E-state index in [0.29, 0.717) is 22.0 Å². The maximum absolute atomic E-state index is 12.3. The standard InChI is InChI=1S/C20H20ClN3O2/c1-13-10-14(2)20(18(21)11-13)23-19(26)8-9-24(15(3)25)17-6-4-16(12-22)5-7-17/h4-7,10-11H,8-9H2,1-3H3,(H,23,26). The number of anilines is 2. The molecule has 0 aliphatic carbocycles. The first kappa shape index (κ1) is 19.5. The number of benzene rings is 2. The summed E-state index contributed by atoms with van der Waals surface area (Å²) in [5, 5.41) is 12.2. The number of nitrogens with zero attached hydrogens (tertiary/aromatic N) is 2. The van der Waals surface area contributed by atoms with E-state index in [1.54, 1.807) is 30.3 Å². The van der Waals surface area contributed by atoms with Gasteiger partial charge in [-0.15, -0.1) is 0 Å². The third-order valence-corrected chi connectivity index (χ3v) is 4.24. The topological polar surface area (TPSA) is 73.2 Å². The molecule has 2 amide bonds. The molecule has 134 valence electrons. The van der Waals surface area contributed by atoms with Gasteiger partial charge >= 0.3 is 0 Å². The average Bonchev–Trinajstić information content (AvgIpc) is 2.58. The highest BCUT2D eigenvalue weighted by Crippen LogP contribution is 2.27. The largest absolute Gasteiger partial charge is 0.324 e. The van der Waals surface area contributed by atoms with Gasteiger partial charge in [0.1, 0.15) is 0 Å². The maximum Gasteiger partial charge on any atom is 0.226 e. The highest BCUT2D eigenvalue weighted by molar-refractivity contribution is 6.34. The van der Waals surface area contributed by atoms with Crippen molar-refractivity contribution in [1.82, 2.24) is 0 Å². The van der Waals surface area contributed by atoms with Crippen LogP contribution in [0.5, 0.6) is 0 Å². The Labute approximate surface area is 158 Å². The van der Waals surface area contributed by atoms with Crippen molar-refractivity contribution in [1.29, 1.82) is 5.26 Å². The van der Waals surface area contributed by atoms with Crippen LogP contribution in [0, 0.1) is 25.2 Å². The third-order valence-electron chi connectivity index (χ3n) is 3.95. The van der Waals surface area contributed by atoms with Crippen LogP contribution in [-0.4, -0.2) is 18.4 Å². The van der Waals surface area contributed by atoms with Crippen LogP contribution in [0.4, 0.5) is 11.4 Å². The van der Waals surface area contributed by atoms with Crippen LogP contribution in [0.3, 0.4) is 0 Å². The molecule has 2 aromatic carbocycles. The monoisotopic (exact) mass is 369 g/mol. The van der Waals surface area contributed by atoms with Crippen molar-refractivity contribution < 1.29 is 9.59 Å². The van der Waals surface area contributed by atoms with E-state index in [1.165, 1.54) is 11.8 Å². The molecule has 0 spiro atoms. The minimum Gasteiger partial charge on any atom is -0.324 e. The minimum atomic E-state index is -0.223. The van der Waals surface area contributed by atoms with E-state index < -0.39 is 0 Å². The molecule has 0 heterocycles. The molecule has 26 heavy (non-hydrogen) atoms. The number of aryl methyl sites for hydroxylation is 2. The molecule has 0 saturated heterocycles. The zero-order valence-corrected chi connectivity index (χ0v) is 15.7. The Morgan fingerprint density at radius 1 is 1.19 bits per heavy atom. The maximum atomic E-state index is 12.3. The minimum absolute atomic E-state index is 0.128. The van der Waals surface area contributed by atoms with Gasteiger partial charge in [0.05, 0.1) is 22.3 Å². The fraction of sp³-hybridized carbons (Fsp3) is 0.250. The normalized spacial score (nSPS) is 10.1. The van der Waals surface area contributed by atoms with Crippen molar-refractivity contribution >= 4 is 34.8 Å². The van der Waals surface area contributed by atoms with Crippen molar-refractivity contribution in [2.45, 2.75) is 27.2 Å². The summed E-state index contributed by atoms with van der Waals surface area (Å²) in [5.74, 6) is -0.397. The zero-order chi connectivity index (χ0) is 19.3. The Morgan fingerprint density at radius 2 is 1.85 bits per heavy atom. The van der Waals surface area contributed by atoms with E-state index in [2.05, 4.69) is 5.32 Å². The average molecular weight is 370 g/mol. The van der Waals surface area contributed by atoms with E-state index in [-0.39, 0.29) is 24.8 Å². The van der Waals surface area contributed by atoms with E-state index in [9.17, 15) is 9.59 Å². The number of nitriles is 1. The highest BCUT2D eigenvalue weighted by atomic mass is 35.5. The van der Waals surface area contributed by atoms with Gasteiger partial charge < -0.3 is 10.2 Å². The molecule has 6 heteroatoms. The molecular formula is C20H20ClN3O2. The van der Waals surface area contributed by atoms with Gasteiger partial charge in [-0.3, -0.25) is 9.59 Å². The van der Waals surface area contributed by atoms with Crippen LogP contribution in [-0.2, 0) is 9.59 Å². The summed E-state index contributed by atoms with van der Waals surface area (Å²) in [4.78, 5) is 25.7. The van der Waals surface area contributed by atoms with E-state index in [0.717, 1.165) is 11.1 Å². The van der Waals surface area contributed by atoms with Gasteiger partial charge in [0, 0.05) is 25.6 Å². The molecule has 5 nitrogen and oxygen atoms in total. The zero-order valence-electron chi connectivity index (χ0n) is 15.0. The van der Waals surface area contributed by atoms with Crippen molar-refractivity contribution in [2.75, 3.05) is 16.8 Å². The number of hydrogen-bond acceptors (Lipinski definition) is 3. The molecule has 1 N–H and O–H groups in total. The lowest BCUT2D eigenvalue weighted by Gasteiger charge is -2.21. The first-order chi connectivity index (χ1) is 12.3. The molecule has 2 rings (SSSR count). The Morgan fingerprint density at radius 3 is 2.38 bits per heavy atom. The highest BCUT2D eigenvalue weighted by Gasteiger charge is 2.15. The predicted octanol–water partition coefficient (Wildman–Crippen LogP) is 4.21. The summed E-state index contributed by atoms with van der Waals surface area (Å²) >= 11 is 6.21. The summed E-state index contributed by atoms with van der Waals surface area (Å²) in [5.41, 5.74) is 3.66. The number of nitrogens with one attached hydrogen (secondary N) is 1. The first-order valence-corrected chi connectivity index (χ1v) is 8.54. The molecule has 0 aromatic heterocycles. The van der Waals surface area contributed by atoms with Crippen LogP contribution < -0.4 is 10.2 Å². The van der Waals surface area contributed by atoms with Gasteiger partial charge in [-0.2, -0.15) is 5.26 Å². The second-order valence-electron chi connectivity index (χ2n) is 6.07. The quantitative estimate of drug-likeness (QED) is 0.857. The van der Waals surface area contributed by atoms with Gasteiger partial charge in [0.15, 0.2) is 0 Å². The van der Waals surface area contributed by atoms with Crippen LogP contribution in [0.1, 0.15) is 30.0 Å². The predicted molar refractivity (Wildman–Crippen MR) is 103 cm³/mol. The number of halogens is 1. The number of carbonyl (C=O) groups is 2. The third kappa shape index (κ3) is 4.84. The van der Waals surface area contributed by atoms with E-state index in [4.69, 9.17) is 16.9 Å². The molecule has 0 radical (unpaired) electrons. The fourth-order valence-electron chi connectivity index (χ4n) is 2.67. The molecule has 0 fully saturated rings. The van der Waals surface area contributed by atoms with Crippen LogP contribution >= 0.6 is 11.6 Å². The number of amides is 2. The van der Waals surface area contributed by atoms with Crippen molar-refractivity contribution in [3.8, 4) is 6.07 Å². The van der Waals surface area contributed by atoms with Gasteiger partial charge in [-0.1, -0.05) is 17.7 Å². The molecule has 0 atom stereocenters. The molecule has 0 aliphatic rings. The summed E-state index contributed by atoms with van der Waals surface area (Å²) in [6.45, 7) is 5.49. The first-order valence-electron chi connectivity index (χ1n) is 8.16. The van der Waals surface area contributed by atoms with Crippen LogP contribution in [0.15, 0.2) is 36.4 Å². The van der Waals surface area contributed by atoms with Gasteiger partial charge in [0.25, 0.3) is 0 Å². The van der Waals surface area contributed by atoms with Crippen LogP contribution in [0.25, 0.3) is 0 Å². The lowest BCUT2D eigenvalue weighted by Crippen LogP contribution is -2.32. The molecule has 0 saturated carbocycles. The lowest BCUT2D eigenvalue weighted by atomic mass is 10.1. The number of rotatable bonds is 5. The fourth-order valence-corrected chi connectivity index (χ4v) is 3.04. The molecule has 0 bridgehead atoms. The van der Waals surface area contributed by atoms with Gasteiger partial charge in [-0.25, -0.2) is 0 Å². The second kappa shape index (κ2) is 8.50. The van der Waals surface area contributed by atoms with Gasteiger partial charge in [-0.05, 0) is 55.3 Å². The van der Waals surface area contributed by atoms with Crippen molar-refractivity contribution in [2.24, 2.45) is 0 Å². The summed E-state index contributed by atoms with van der Waals surface area (Å²) < 4.78 is 0. The SMILES string of the molecule is CC(=O)N(CCC(=O)Nc1c(C)cc(C)cc1Cl)c1ccc(C#N)cc1. The second-order valence-corrected chi connectivity index (χ2v) is 6.47. The van der Waals surface area contributed by atoms with Crippen LogP contribution in [0.2, 0.25) is 5.02 Å². The molecule has 0 aliphatic heterocycles. The van der Waals surface area contributed by atoms with E-state index in [1.807, 2.05) is 26.0 Å². The summed E-state index contributed by atoms with van der Waals surface area (Å²) in [6.07, 6.45) is 0.128. The van der Waals surface area contributed by atoms with E-state index >= 15 is 0 Å². The Balaban J connectivity index is 2.06. The molecular weight excluding hydrogens is 350 g/mol. The molecule has 0 unspecified atom stereocenters. The smallest absolute Gasteiger partial charge is 0.226 e. The summed E-state index contributed by atoms with van der Waals surface area (Å²) in [7, 11) is 0.